The number of benzene rings is 1. The van der Waals surface area contributed by atoms with E-state index in [9.17, 15) is 4.79 Å². The van der Waals surface area contributed by atoms with Crippen LogP contribution in [0.15, 0.2) is 35.6 Å². The highest BCUT2D eigenvalue weighted by atomic mass is 16.5. The number of nitrogens with one attached hydrogen (secondary N) is 1. The fraction of sp³-hybridized carbons (Fsp3) is 0.214. The molecule has 7 nitrogen and oxygen atoms in total. The molecule has 0 radical (unpaired) electrons. The van der Waals surface area contributed by atoms with Crippen LogP contribution in [0.2, 0.25) is 0 Å². The fourth-order valence-electron chi connectivity index (χ4n) is 1.68. The van der Waals surface area contributed by atoms with Crippen LogP contribution in [0.5, 0.6) is 11.5 Å². The molecule has 1 aromatic carbocycles. The number of rotatable bonds is 5. The molecule has 2 rings (SSSR count). The standard InChI is InChI=1S/C14H16N4O3/c1-18-7-6-12(17-18)14(19)16-15-9-10-4-5-11(20-2)8-13(10)21-3/h4-9H,1-3H3,(H,16,19). The molecule has 0 aliphatic heterocycles. The van der Waals surface area contributed by atoms with Crippen LogP contribution in [0.3, 0.4) is 0 Å². The Morgan fingerprint density at radius 3 is 2.76 bits per heavy atom. The second-order valence-electron chi connectivity index (χ2n) is 4.18. The molecule has 0 saturated heterocycles. The SMILES string of the molecule is COc1ccc(C=NNC(=O)c2ccn(C)n2)c(OC)c1. The third-order valence-electron chi connectivity index (χ3n) is 2.76. The lowest BCUT2D eigenvalue weighted by Gasteiger charge is -2.06. The highest BCUT2D eigenvalue weighted by molar-refractivity contribution is 5.93. The summed E-state index contributed by atoms with van der Waals surface area (Å²) >= 11 is 0. The summed E-state index contributed by atoms with van der Waals surface area (Å²) in [5, 5.41) is 7.88. The number of aromatic nitrogens is 2. The summed E-state index contributed by atoms with van der Waals surface area (Å²) in [7, 11) is 4.87. The highest BCUT2D eigenvalue weighted by Crippen LogP contribution is 2.22. The summed E-state index contributed by atoms with van der Waals surface area (Å²) in [4.78, 5) is 11.8. The van der Waals surface area contributed by atoms with E-state index >= 15 is 0 Å². The lowest BCUT2D eigenvalue weighted by molar-refractivity contribution is 0.0949. The van der Waals surface area contributed by atoms with Crippen LogP contribution >= 0.6 is 0 Å². The van der Waals surface area contributed by atoms with Crippen molar-refractivity contribution in [2.45, 2.75) is 0 Å². The van der Waals surface area contributed by atoms with Gasteiger partial charge in [-0.1, -0.05) is 0 Å². The van der Waals surface area contributed by atoms with Gasteiger partial charge in [0.2, 0.25) is 0 Å². The van der Waals surface area contributed by atoms with E-state index in [1.165, 1.54) is 6.21 Å². The Bertz CT molecular complexity index is 664. The maximum Gasteiger partial charge on any atom is 0.291 e. The predicted octanol–water partition coefficient (Wildman–Crippen LogP) is 1.20. The predicted molar refractivity (Wildman–Crippen MR) is 77.8 cm³/mol. The Hall–Kier alpha value is -2.83. The topological polar surface area (TPSA) is 77.7 Å². The number of methoxy groups -OCH3 is 2. The van der Waals surface area contributed by atoms with E-state index in [4.69, 9.17) is 9.47 Å². The lowest BCUT2D eigenvalue weighted by atomic mass is 10.2. The van der Waals surface area contributed by atoms with Gasteiger partial charge in [-0.15, -0.1) is 0 Å². The molecule has 0 aliphatic rings. The normalized spacial score (nSPS) is 10.6. The van der Waals surface area contributed by atoms with Crippen molar-refractivity contribution in [3.63, 3.8) is 0 Å². The summed E-state index contributed by atoms with van der Waals surface area (Å²) in [5.41, 5.74) is 3.43. The van der Waals surface area contributed by atoms with E-state index in [0.29, 0.717) is 17.2 Å². The van der Waals surface area contributed by atoms with Gasteiger partial charge in [-0.25, -0.2) is 5.43 Å². The highest BCUT2D eigenvalue weighted by Gasteiger charge is 2.07. The number of carbonyl (C=O) groups is 1. The first kappa shape index (κ1) is 14.6. The average molecular weight is 288 g/mol. The number of hydrazone groups is 1. The summed E-state index contributed by atoms with van der Waals surface area (Å²) < 4.78 is 11.9. The summed E-state index contributed by atoms with van der Waals surface area (Å²) in [6.07, 6.45) is 3.18. The first-order valence-electron chi connectivity index (χ1n) is 6.19. The van der Waals surface area contributed by atoms with Crippen molar-refractivity contribution >= 4 is 12.1 Å². The van der Waals surface area contributed by atoms with Crippen LogP contribution in [0.25, 0.3) is 0 Å². The first-order chi connectivity index (χ1) is 10.1. The maximum absolute atomic E-state index is 11.8. The van der Waals surface area contributed by atoms with Crippen molar-refractivity contribution in [2.24, 2.45) is 12.1 Å². The van der Waals surface area contributed by atoms with Gasteiger partial charge < -0.3 is 9.47 Å². The van der Waals surface area contributed by atoms with E-state index in [1.807, 2.05) is 0 Å². The average Bonchev–Trinajstić information content (AvgIpc) is 2.94. The van der Waals surface area contributed by atoms with Gasteiger partial charge in [-0.05, 0) is 18.2 Å². The van der Waals surface area contributed by atoms with Crippen LogP contribution in [0.1, 0.15) is 16.1 Å². The van der Waals surface area contributed by atoms with Crippen LogP contribution in [0, 0.1) is 0 Å². The van der Waals surface area contributed by atoms with Gasteiger partial charge in [0.25, 0.3) is 5.91 Å². The zero-order valence-electron chi connectivity index (χ0n) is 12.0. The van der Waals surface area contributed by atoms with Crippen molar-refractivity contribution in [1.82, 2.24) is 15.2 Å². The van der Waals surface area contributed by atoms with Gasteiger partial charge in [0.15, 0.2) is 5.69 Å². The number of hydrogen-bond acceptors (Lipinski definition) is 5. The number of amides is 1. The van der Waals surface area contributed by atoms with Crippen LogP contribution in [-0.4, -0.2) is 36.1 Å². The molecule has 1 N–H and O–H groups in total. The number of carbonyl (C=O) groups excluding carboxylic acids is 1. The summed E-state index contributed by atoms with van der Waals surface area (Å²) in [6, 6.07) is 6.92. The molecule has 0 bridgehead atoms. The molecule has 0 aliphatic carbocycles. The quantitative estimate of drug-likeness (QED) is 0.662. The number of hydrogen-bond donors (Lipinski definition) is 1. The minimum atomic E-state index is -0.376. The minimum Gasteiger partial charge on any atom is -0.497 e. The van der Waals surface area contributed by atoms with E-state index in [2.05, 4.69) is 15.6 Å². The number of aryl methyl sites for hydroxylation is 1. The second kappa shape index (κ2) is 6.56. The van der Waals surface area contributed by atoms with Gasteiger partial charge in [0.1, 0.15) is 11.5 Å². The van der Waals surface area contributed by atoms with Crippen molar-refractivity contribution in [2.75, 3.05) is 14.2 Å². The first-order valence-corrected chi connectivity index (χ1v) is 6.19. The molecule has 110 valence electrons. The Kier molecular flexibility index (Phi) is 4.55. The molecule has 0 unspecified atom stereocenters. The fourth-order valence-corrected chi connectivity index (χ4v) is 1.68. The van der Waals surface area contributed by atoms with Gasteiger partial charge in [0, 0.05) is 24.9 Å². The van der Waals surface area contributed by atoms with Crippen LogP contribution in [-0.2, 0) is 7.05 Å². The van der Waals surface area contributed by atoms with Crippen molar-refractivity contribution in [1.29, 1.82) is 0 Å². The molecule has 1 heterocycles. The molecule has 7 heteroatoms. The van der Waals surface area contributed by atoms with Gasteiger partial charge in [0.05, 0.1) is 20.4 Å². The van der Waals surface area contributed by atoms with E-state index in [1.54, 1.807) is 56.4 Å². The van der Waals surface area contributed by atoms with Crippen molar-refractivity contribution in [3.05, 3.63) is 41.7 Å². The van der Waals surface area contributed by atoms with E-state index < -0.39 is 0 Å². The van der Waals surface area contributed by atoms with Crippen molar-refractivity contribution in [3.8, 4) is 11.5 Å². The molecule has 0 atom stereocenters. The van der Waals surface area contributed by atoms with Crippen LogP contribution < -0.4 is 14.9 Å². The number of nitrogens with zero attached hydrogens (tertiary/aromatic N) is 3. The largest absolute Gasteiger partial charge is 0.497 e. The Balaban J connectivity index is 2.06. The summed E-state index contributed by atoms with van der Waals surface area (Å²) in [6.45, 7) is 0. The Morgan fingerprint density at radius 1 is 1.33 bits per heavy atom. The van der Waals surface area contributed by atoms with Gasteiger partial charge in [-0.2, -0.15) is 10.2 Å². The summed E-state index contributed by atoms with van der Waals surface area (Å²) in [5.74, 6) is 0.908. The lowest BCUT2D eigenvalue weighted by Crippen LogP contribution is -2.18. The Labute approximate surface area is 122 Å². The molecule has 1 aromatic heterocycles. The third-order valence-corrected chi connectivity index (χ3v) is 2.76. The zero-order chi connectivity index (χ0) is 15.2. The molecule has 2 aromatic rings. The Morgan fingerprint density at radius 2 is 2.14 bits per heavy atom. The third kappa shape index (κ3) is 3.59. The molecule has 0 fully saturated rings. The smallest absolute Gasteiger partial charge is 0.291 e. The molecule has 0 saturated carbocycles. The monoisotopic (exact) mass is 288 g/mol. The number of ether oxygens (including phenoxy) is 2. The van der Waals surface area contributed by atoms with Gasteiger partial charge >= 0.3 is 0 Å². The molecule has 21 heavy (non-hydrogen) atoms. The minimum absolute atomic E-state index is 0.302. The van der Waals surface area contributed by atoms with Crippen molar-refractivity contribution < 1.29 is 14.3 Å². The maximum atomic E-state index is 11.8. The van der Waals surface area contributed by atoms with Gasteiger partial charge in [-0.3, -0.25) is 9.48 Å². The molecular weight excluding hydrogens is 272 g/mol. The molecular formula is C14H16N4O3. The second-order valence-corrected chi connectivity index (χ2v) is 4.18. The molecule has 1 amide bonds. The van der Waals surface area contributed by atoms with E-state index in [0.717, 1.165) is 5.56 Å². The van der Waals surface area contributed by atoms with E-state index in [-0.39, 0.29) is 5.91 Å². The molecule has 0 spiro atoms. The van der Waals surface area contributed by atoms with Crippen LogP contribution in [0.4, 0.5) is 0 Å². The zero-order valence-corrected chi connectivity index (χ0v) is 12.0.